The van der Waals surface area contributed by atoms with E-state index in [0.717, 1.165) is 16.2 Å². The van der Waals surface area contributed by atoms with Gasteiger partial charge in [0.1, 0.15) is 0 Å². The molecule has 1 unspecified atom stereocenters. The summed E-state index contributed by atoms with van der Waals surface area (Å²) >= 11 is 6.78. The number of nitrogens with zero attached hydrogens (tertiary/aromatic N) is 1. The van der Waals surface area contributed by atoms with Crippen molar-refractivity contribution in [3.63, 3.8) is 0 Å². The van der Waals surface area contributed by atoms with Gasteiger partial charge in [-0.15, -0.1) is 0 Å². The largest absolute Gasteiger partial charge is 0.198 e. The highest BCUT2D eigenvalue weighted by Crippen LogP contribution is 2.19. The molecular weight excluding hydrogens is 294 g/mol. The standard InChI is InChI=1S/C10H9Br2N/c11-6-8(7-13)5-9-3-1-2-4-10(9)12/h1-4,8H,5-6H2. The quantitative estimate of drug-likeness (QED) is 0.784. The highest BCUT2D eigenvalue weighted by atomic mass is 79.9. The monoisotopic (exact) mass is 301 g/mol. The van der Waals surface area contributed by atoms with E-state index in [1.165, 1.54) is 5.56 Å². The molecule has 0 N–H and O–H groups in total. The third-order valence-electron chi connectivity index (χ3n) is 1.79. The summed E-state index contributed by atoms with van der Waals surface area (Å²) in [5, 5.41) is 9.51. The first-order valence-electron chi connectivity index (χ1n) is 3.97. The molecular formula is C10H9Br2N. The summed E-state index contributed by atoms with van der Waals surface area (Å²) in [5.41, 5.74) is 1.19. The summed E-state index contributed by atoms with van der Waals surface area (Å²) in [4.78, 5) is 0. The van der Waals surface area contributed by atoms with Gasteiger partial charge in [-0.1, -0.05) is 50.1 Å². The minimum atomic E-state index is 0.0544. The molecule has 68 valence electrons. The zero-order valence-electron chi connectivity index (χ0n) is 7.00. The number of halogens is 2. The second-order valence-electron chi connectivity index (χ2n) is 2.78. The summed E-state index contributed by atoms with van der Waals surface area (Å²) in [6.45, 7) is 0. The molecule has 1 nitrogen and oxygen atoms in total. The Balaban J connectivity index is 2.74. The molecule has 1 aromatic rings. The van der Waals surface area contributed by atoms with Crippen molar-refractivity contribution in [2.75, 3.05) is 5.33 Å². The number of hydrogen-bond acceptors (Lipinski definition) is 1. The lowest BCUT2D eigenvalue weighted by atomic mass is 10.0. The zero-order valence-corrected chi connectivity index (χ0v) is 10.2. The van der Waals surface area contributed by atoms with Crippen molar-refractivity contribution < 1.29 is 0 Å². The first-order valence-corrected chi connectivity index (χ1v) is 5.88. The molecule has 0 fully saturated rings. The van der Waals surface area contributed by atoms with E-state index in [4.69, 9.17) is 5.26 Å². The predicted octanol–water partition coefficient (Wildman–Crippen LogP) is 3.53. The number of benzene rings is 1. The minimum Gasteiger partial charge on any atom is -0.198 e. The molecule has 1 rings (SSSR count). The smallest absolute Gasteiger partial charge is 0.0668 e. The van der Waals surface area contributed by atoms with Crippen LogP contribution in [0, 0.1) is 17.2 Å². The lowest BCUT2D eigenvalue weighted by molar-refractivity contribution is 0.753. The predicted molar refractivity (Wildman–Crippen MR) is 60.7 cm³/mol. The second kappa shape index (κ2) is 5.41. The van der Waals surface area contributed by atoms with Crippen LogP contribution < -0.4 is 0 Å². The maximum atomic E-state index is 8.78. The number of rotatable bonds is 3. The van der Waals surface area contributed by atoms with Crippen LogP contribution in [0.3, 0.4) is 0 Å². The Morgan fingerprint density at radius 2 is 2.08 bits per heavy atom. The van der Waals surface area contributed by atoms with Crippen molar-refractivity contribution in [2.45, 2.75) is 6.42 Å². The lowest BCUT2D eigenvalue weighted by Gasteiger charge is -2.06. The van der Waals surface area contributed by atoms with Crippen molar-refractivity contribution >= 4 is 31.9 Å². The van der Waals surface area contributed by atoms with E-state index in [0.29, 0.717) is 0 Å². The van der Waals surface area contributed by atoms with E-state index in [2.05, 4.69) is 37.9 Å². The molecule has 3 heteroatoms. The van der Waals surface area contributed by atoms with E-state index in [1.54, 1.807) is 0 Å². The van der Waals surface area contributed by atoms with Gasteiger partial charge in [0.25, 0.3) is 0 Å². The van der Waals surface area contributed by atoms with Crippen molar-refractivity contribution in [3.05, 3.63) is 34.3 Å². The SMILES string of the molecule is N#CC(CBr)Cc1ccccc1Br. The molecule has 0 heterocycles. The zero-order chi connectivity index (χ0) is 9.68. The van der Waals surface area contributed by atoms with Crippen LogP contribution in [-0.2, 0) is 6.42 Å². The van der Waals surface area contributed by atoms with Gasteiger partial charge < -0.3 is 0 Å². The van der Waals surface area contributed by atoms with Gasteiger partial charge in [0.2, 0.25) is 0 Å². The Morgan fingerprint density at radius 1 is 1.38 bits per heavy atom. The van der Waals surface area contributed by atoms with Crippen LogP contribution in [0.5, 0.6) is 0 Å². The molecule has 0 amide bonds. The average molecular weight is 303 g/mol. The van der Waals surface area contributed by atoms with Crippen LogP contribution in [0.2, 0.25) is 0 Å². The maximum Gasteiger partial charge on any atom is 0.0668 e. The van der Waals surface area contributed by atoms with Crippen LogP contribution in [0.1, 0.15) is 5.56 Å². The van der Waals surface area contributed by atoms with E-state index in [-0.39, 0.29) is 5.92 Å². The summed E-state index contributed by atoms with van der Waals surface area (Å²) in [5.74, 6) is 0.0544. The normalized spacial score (nSPS) is 12.1. The first-order chi connectivity index (χ1) is 6.27. The average Bonchev–Trinajstić information content (AvgIpc) is 2.17. The van der Waals surface area contributed by atoms with E-state index < -0.39 is 0 Å². The molecule has 1 atom stereocenters. The molecule has 0 saturated heterocycles. The van der Waals surface area contributed by atoms with Gasteiger partial charge in [0, 0.05) is 9.80 Å². The minimum absolute atomic E-state index is 0.0544. The molecule has 0 aliphatic carbocycles. The molecule has 13 heavy (non-hydrogen) atoms. The van der Waals surface area contributed by atoms with Gasteiger partial charge >= 0.3 is 0 Å². The van der Waals surface area contributed by atoms with Crippen LogP contribution >= 0.6 is 31.9 Å². The van der Waals surface area contributed by atoms with E-state index in [1.807, 2.05) is 24.3 Å². The summed E-state index contributed by atoms with van der Waals surface area (Å²) < 4.78 is 1.08. The Morgan fingerprint density at radius 3 is 2.62 bits per heavy atom. The van der Waals surface area contributed by atoms with Crippen molar-refractivity contribution in [1.29, 1.82) is 5.26 Å². The number of hydrogen-bond donors (Lipinski definition) is 0. The third kappa shape index (κ3) is 3.13. The van der Waals surface area contributed by atoms with Gasteiger partial charge in [-0.05, 0) is 18.1 Å². The fraction of sp³-hybridized carbons (Fsp3) is 0.300. The van der Waals surface area contributed by atoms with Gasteiger partial charge in [-0.2, -0.15) is 5.26 Å². The van der Waals surface area contributed by atoms with Crippen molar-refractivity contribution in [2.24, 2.45) is 5.92 Å². The van der Waals surface area contributed by atoms with Crippen molar-refractivity contribution in [3.8, 4) is 6.07 Å². The third-order valence-corrected chi connectivity index (χ3v) is 3.35. The molecule has 0 spiro atoms. The summed E-state index contributed by atoms with van der Waals surface area (Å²) in [6, 6.07) is 10.3. The Labute approximate surface area is 95.0 Å². The molecule has 0 radical (unpaired) electrons. The van der Waals surface area contributed by atoms with Gasteiger partial charge in [0.05, 0.1) is 12.0 Å². The Hall–Kier alpha value is -0.330. The topological polar surface area (TPSA) is 23.8 Å². The highest BCUT2D eigenvalue weighted by Gasteiger charge is 2.08. The van der Waals surface area contributed by atoms with Crippen LogP contribution in [0.15, 0.2) is 28.7 Å². The van der Waals surface area contributed by atoms with Gasteiger partial charge in [-0.3, -0.25) is 0 Å². The molecule has 0 aliphatic rings. The fourth-order valence-electron chi connectivity index (χ4n) is 1.06. The fourth-order valence-corrected chi connectivity index (χ4v) is 1.88. The number of alkyl halides is 1. The van der Waals surface area contributed by atoms with Crippen molar-refractivity contribution in [1.82, 2.24) is 0 Å². The Bertz CT molecular complexity index is 317. The van der Waals surface area contributed by atoms with Gasteiger partial charge in [-0.25, -0.2) is 0 Å². The van der Waals surface area contributed by atoms with Crippen LogP contribution in [0.25, 0.3) is 0 Å². The molecule has 0 bridgehead atoms. The summed E-state index contributed by atoms with van der Waals surface area (Å²) in [7, 11) is 0. The number of nitriles is 1. The summed E-state index contributed by atoms with van der Waals surface area (Å²) in [6.07, 6.45) is 0.795. The maximum absolute atomic E-state index is 8.78. The van der Waals surface area contributed by atoms with Gasteiger partial charge in [0.15, 0.2) is 0 Å². The molecule has 0 saturated carbocycles. The molecule has 0 aromatic heterocycles. The molecule has 1 aromatic carbocycles. The van der Waals surface area contributed by atoms with E-state index >= 15 is 0 Å². The Kier molecular flexibility index (Phi) is 4.47. The second-order valence-corrected chi connectivity index (χ2v) is 4.28. The lowest BCUT2D eigenvalue weighted by Crippen LogP contribution is -2.03. The highest BCUT2D eigenvalue weighted by molar-refractivity contribution is 9.10. The van der Waals surface area contributed by atoms with E-state index in [9.17, 15) is 0 Å². The first kappa shape index (κ1) is 10.7. The van der Waals surface area contributed by atoms with Crippen LogP contribution in [0.4, 0.5) is 0 Å². The molecule has 0 aliphatic heterocycles. The van der Waals surface area contributed by atoms with Crippen LogP contribution in [-0.4, -0.2) is 5.33 Å².